The number of rotatable bonds is 5. The summed E-state index contributed by atoms with van der Waals surface area (Å²) in [4.78, 5) is 0. The van der Waals surface area contributed by atoms with Gasteiger partial charge in [-0.15, -0.1) is 0 Å². The van der Waals surface area contributed by atoms with Gasteiger partial charge >= 0.3 is 0 Å². The first-order chi connectivity index (χ1) is 14.9. The van der Waals surface area contributed by atoms with Gasteiger partial charge < -0.3 is 24.8 Å². The van der Waals surface area contributed by atoms with Gasteiger partial charge in [0.05, 0.1) is 32.0 Å². The van der Waals surface area contributed by atoms with Gasteiger partial charge in [-0.25, -0.2) is 8.78 Å². The zero-order valence-corrected chi connectivity index (χ0v) is 17.0. The van der Waals surface area contributed by atoms with Crippen molar-refractivity contribution in [3.63, 3.8) is 0 Å². The van der Waals surface area contributed by atoms with Crippen molar-refractivity contribution >= 4 is 10.8 Å². The first-order valence-electron chi connectivity index (χ1n) is 10.1. The van der Waals surface area contributed by atoms with Crippen LogP contribution >= 0.6 is 0 Å². The number of aliphatic hydroxyl groups is 2. The van der Waals surface area contributed by atoms with E-state index < -0.39 is 35.7 Å². The molecule has 0 spiro atoms. The van der Waals surface area contributed by atoms with Gasteiger partial charge in [0, 0.05) is 24.6 Å². The van der Waals surface area contributed by atoms with Crippen molar-refractivity contribution in [3.05, 3.63) is 70.8 Å². The molecule has 1 heterocycles. The standard InChI is InChI=1S/C24H24F2O5/c1-30-24-20(25)7-13(8-21(24)26)6-14-9-19(17-4-2-3-5-18(17)23(14)29)22-11-15(28)10-16(12-27)31-22/h2-5,7-9,15-16,22,27-29H,6,10-12H2,1H3. The van der Waals surface area contributed by atoms with Crippen LogP contribution in [0.2, 0.25) is 0 Å². The maximum absolute atomic E-state index is 14.2. The van der Waals surface area contributed by atoms with Crippen LogP contribution in [0.25, 0.3) is 10.8 Å². The molecule has 3 unspecified atom stereocenters. The smallest absolute Gasteiger partial charge is 0.190 e. The minimum absolute atomic E-state index is 0.0195. The predicted molar refractivity (Wildman–Crippen MR) is 111 cm³/mol. The highest BCUT2D eigenvalue weighted by molar-refractivity contribution is 5.92. The van der Waals surface area contributed by atoms with E-state index in [0.29, 0.717) is 29.4 Å². The normalized spacial score (nSPS) is 21.4. The van der Waals surface area contributed by atoms with E-state index >= 15 is 0 Å². The van der Waals surface area contributed by atoms with Gasteiger partial charge in [0.2, 0.25) is 0 Å². The number of aromatic hydroxyl groups is 1. The lowest BCUT2D eigenvalue weighted by molar-refractivity contribution is -0.113. The molecule has 0 aliphatic carbocycles. The Morgan fingerprint density at radius 1 is 1.06 bits per heavy atom. The van der Waals surface area contributed by atoms with E-state index in [1.54, 1.807) is 18.2 Å². The number of hydrogen-bond acceptors (Lipinski definition) is 5. The minimum atomic E-state index is -0.817. The molecular formula is C24H24F2O5. The molecule has 0 bridgehead atoms. The van der Waals surface area contributed by atoms with E-state index in [1.807, 2.05) is 12.1 Å². The summed E-state index contributed by atoms with van der Waals surface area (Å²) in [5, 5.41) is 32.0. The zero-order chi connectivity index (χ0) is 22.1. The highest BCUT2D eigenvalue weighted by atomic mass is 19.1. The number of halogens is 2. The number of ether oxygens (including phenoxy) is 2. The first-order valence-corrected chi connectivity index (χ1v) is 10.1. The lowest BCUT2D eigenvalue weighted by Gasteiger charge is -2.33. The molecular weight excluding hydrogens is 406 g/mol. The molecule has 31 heavy (non-hydrogen) atoms. The third-order valence-electron chi connectivity index (χ3n) is 5.71. The van der Waals surface area contributed by atoms with Crippen molar-refractivity contribution < 1.29 is 33.6 Å². The quantitative estimate of drug-likeness (QED) is 0.570. The molecule has 3 atom stereocenters. The number of fused-ring (bicyclic) bond motifs is 1. The van der Waals surface area contributed by atoms with E-state index in [2.05, 4.69) is 0 Å². The Morgan fingerprint density at radius 3 is 2.39 bits per heavy atom. The van der Waals surface area contributed by atoms with Crippen LogP contribution in [0.15, 0.2) is 42.5 Å². The Balaban J connectivity index is 1.79. The summed E-state index contributed by atoms with van der Waals surface area (Å²) in [6, 6.07) is 11.3. The fraction of sp³-hybridized carbons (Fsp3) is 0.333. The van der Waals surface area contributed by atoms with Crippen LogP contribution in [-0.4, -0.2) is 41.2 Å². The third kappa shape index (κ3) is 4.21. The van der Waals surface area contributed by atoms with Crippen LogP contribution in [0, 0.1) is 11.6 Å². The van der Waals surface area contributed by atoms with Gasteiger partial charge in [0.15, 0.2) is 17.4 Å². The van der Waals surface area contributed by atoms with Crippen LogP contribution in [0.1, 0.15) is 35.6 Å². The highest BCUT2D eigenvalue weighted by Gasteiger charge is 2.31. The van der Waals surface area contributed by atoms with Gasteiger partial charge in [0.25, 0.3) is 0 Å². The van der Waals surface area contributed by atoms with Gasteiger partial charge in [-0.3, -0.25) is 0 Å². The van der Waals surface area contributed by atoms with E-state index in [-0.39, 0.29) is 18.8 Å². The minimum Gasteiger partial charge on any atom is -0.507 e. The monoisotopic (exact) mass is 430 g/mol. The van der Waals surface area contributed by atoms with E-state index in [4.69, 9.17) is 9.47 Å². The van der Waals surface area contributed by atoms with Gasteiger partial charge in [-0.2, -0.15) is 0 Å². The highest BCUT2D eigenvalue weighted by Crippen LogP contribution is 2.40. The molecule has 4 rings (SSSR count). The summed E-state index contributed by atoms with van der Waals surface area (Å²) in [5.74, 6) is -2.07. The number of hydrogen-bond donors (Lipinski definition) is 3. The first kappa shape index (κ1) is 21.5. The molecule has 7 heteroatoms. The van der Waals surface area contributed by atoms with Crippen LogP contribution in [0.3, 0.4) is 0 Å². The average molecular weight is 430 g/mol. The van der Waals surface area contributed by atoms with E-state index in [1.165, 1.54) is 19.2 Å². The summed E-state index contributed by atoms with van der Waals surface area (Å²) in [7, 11) is 1.20. The molecule has 3 N–H and O–H groups in total. The molecule has 1 saturated heterocycles. The fourth-order valence-electron chi connectivity index (χ4n) is 4.29. The molecule has 3 aromatic rings. The Bertz CT molecular complexity index is 1080. The Morgan fingerprint density at radius 2 is 1.74 bits per heavy atom. The molecule has 3 aromatic carbocycles. The van der Waals surface area contributed by atoms with Crippen molar-refractivity contribution in [2.75, 3.05) is 13.7 Å². The molecule has 1 aliphatic heterocycles. The summed E-state index contributed by atoms with van der Waals surface area (Å²) in [6.45, 7) is -0.208. The van der Waals surface area contributed by atoms with Crippen molar-refractivity contribution in [3.8, 4) is 11.5 Å². The zero-order valence-electron chi connectivity index (χ0n) is 17.0. The number of methoxy groups -OCH3 is 1. The average Bonchev–Trinajstić information content (AvgIpc) is 2.75. The molecule has 0 amide bonds. The summed E-state index contributed by atoms with van der Waals surface area (Å²) >= 11 is 0. The molecule has 0 aromatic heterocycles. The van der Waals surface area contributed by atoms with Crippen molar-refractivity contribution in [2.24, 2.45) is 0 Å². The SMILES string of the molecule is COc1c(F)cc(Cc2cc(C3CC(O)CC(CO)O3)c3ccccc3c2O)cc1F. The molecule has 1 fully saturated rings. The molecule has 1 aliphatic rings. The van der Waals surface area contributed by atoms with E-state index in [9.17, 15) is 24.1 Å². The Kier molecular flexibility index (Phi) is 6.09. The number of phenols is 1. The number of phenolic OH excluding ortho intramolecular Hbond substituents is 1. The Labute approximate surface area is 178 Å². The van der Waals surface area contributed by atoms with Gasteiger partial charge in [-0.05, 0) is 40.3 Å². The summed E-state index contributed by atoms with van der Waals surface area (Å²) in [6.07, 6.45) is -0.836. The second kappa shape index (κ2) is 8.78. The fourth-order valence-corrected chi connectivity index (χ4v) is 4.29. The van der Waals surface area contributed by atoms with Crippen LogP contribution in [0.4, 0.5) is 8.78 Å². The van der Waals surface area contributed by atoms with E-state index in [0.717, 1.165) is 10.9 Å². The molecule has 0 radical (unpaired) electrons. The van der Waals surface area contributed by atoms with Crippen LogP contribution in [0.5, 0.6) is 11.5 Å². The second-order valence-corrected chi connectivity index (χ2v) is 7.84. The summed E-state index contributed by atoms with van der Waals surface area (Å²) in [5.41, 5.74) is 1.56. The predicted octanol–water partition coefficient (Wildman–Crippen LogP) is 4.00. The summed E-state index contributed by atoms with van der Waals surface area (Å²) < 4.78 is 39.0. The maximum atomic E-state index is 14.2. The second-order valence-electron chi connectivity index (χ2n) is 7.84. The number of benzene rings is 3. The largest absolute Gasteiger partial charge is 0.507 e. The van der Waals surface area contributed by atoms with Crippen molar-refractivity contribution in [1.29, 1.82) is 0 Å². The molecule has 5 nitrogen and oxygen atoms in total. The van der Waals surface area contributed by atoms with Crippen LogP contribution in [-0.2, 0) is 11.2 Å². The molecule has 164 valence electrons. The van der Waals surface area contributed by atoms with Crippen molar-refractivity contribution in [1.82, 2.24) is 0 Å². The van der Waals surface area contributed by atoms with Gasteiger partial charge in [-0.1, -0.05) is 24.3 Å². The Hall–Kier alpha value is -2.74. The molecule has 0 saturated carbocycles. The van der Waals surface area contributed by atoms with Crippen molar-refractivity contribution in [2.45, 2.75) is 37.6 Å². The lowest BCUT2D eigenvalue weighted by atomic mass is 9.89. The van der Waals surface area contributed by atoms with Gasteiger partial charge in [0.1, 0.15) is 5.75 Å². The van der Waals surface area contributed by atoms with Crippen LogP contribution < -0.4 is 4.74 Å². The lowest BCUT2D eigenvalue weighted by Crippen LogP contribution is -2.33. The third-order valence-corrected chi connectivity index (χ3v) is 5.71. The maximum Gasteiger partial charge on any atom is 0.190 e. The topological polar surface area (TPSA) is 79.2 Å². The number of aliphatic hydroxyl groups excluding tert-OH is 2.